The van der Waals surface area contributed by atoms with Gasteiger partial charge in [0, 0.05) is 38.4 Å². The first-order valence-corrected chi connectivity index (χ1v) is 13.3. The lowest BCUT2D eigenvalue weighted by molar-refractivity contribution is 0.151. The zero-order valence-electron chi connectivity index (χ0n) is 20.5. The number of carbonyl (C=O) groups is 1. The number of sulfonamides is 1. The average Bonchev–Trinajstić information content (AvgIpc) is 2.82. The summed E-state index contributed by atoms with van der Waals surface area (Å²) in [6.07, 6.45) is 3.91. The van der Waals surface area contributed by atoms with Crippen molar-refractivity contribution >= 4 is 39.6 Å². The van der Waals surface area contributed by atoms with Gasteiger partial charge in [0.05, 0.1) is 24.1 Å². The van der Waals surface area contributed by atoms with E-state index in [2.05, 4.69) is 25.2 Å². The average molecular weight is 521 g/mol. The zero-order valence-corrected chi connectivity index (χ0v) is 21.4. The number of amides is 2. The van der Waals surface area contributed by atoms with Gasteiger partial charge in [0.15, 0.2) is 0 Å². The van der Waals surface area contributed by atoms with Crippen molar-refractivity contribution in [2.45, 2.75) is 20.0 Å². The standard InChI is InChI=1S/C22H32N8O5S/c1-16(2)35-18-6-4-17(5-7-18)28-22(31)30-11-9-29(10-12-30)21-19(20(23)24-15-25-21)14-26-34-13-8-27-36(3,32)33/h4-7,14-16,27H,8-13H2,1-3H3,(H,28,31)(H2,23,24,25)/b26-14+. The minimum Gasteiger partial charge on any atom is -0.491 e. The normalized spacial score (nSPS) is 14.3. The molecule has 0 unspecified atom stereocenters. The van der Waals surface area contributed by atoms with Crippen molar-refractivity contribution < 1.29 is 22.8 Å². The highest BCUT2D eigenvalue weighted by molar-refractivity contribution is 7.88. The second-order valence-corrected chi connectivity index (χ2v) is 10.2. The Labute approximate surface area is 210 Å². The summed E-state index contributed by atoms with van der Waals surface area (Å²) in [5.74, 6) is 1.55. The molecule has 3 rings (SSSR count). The van der Waals surface area contributed by atoms with Gasteiger partial charge in [0.1, 0.15) is 30.3 Å². The third kappa shape index (κ3) is 8.23. The van der Waals surface area contributed by atoms with Crippen LogP contribution >= 0.6 is 0 Å². The number of benzene rings is 1. The summed E-state index contributed by atoms with van der Waals surface area (Å²) in [5.41, 5.74) is 7.19. The van der Waals surface area contributed by atoms with Gasteiger partial charge in [-0.2, -0.15) is 0 Å². The Balaban J connectivity index is 1.54. The van der Waals surface area contributed by atoms with Crippen molar-refractivity contribution in [3.63, 3.8) is 0 Å². The number of hydrogen-bond donors (Lipinski definition) is 3. The molecule has 2 aromatic rings. The molecule has 14 heteroatoms. The summed E-state index contributed by atoms with van der Waals surface area (Å²) in [6.45, 7) is 6.07. The van der Waals surface area contributed by atoms with E-state index in [0.29, 0.717) is 43.2 Å². The summed E-state index contributed by atoms with van der Waals surface area (Å²) in [5, 5.41) is 6.77. The number of nitrogens with two attached hydrogens (primary N) is 1. The third-order valence-electron chi connectivity index (χ3n) is 5.05. The molecular weight excluding hydrogens is 488 g/mol. The summed E-state index contributed by atoms with van der Waals surface area (Å²) in [7, 11) is -3.29. The van der Waals surface area contributed by atoms with Crippen molar-refractivity contribution in [3.8, 4) is 5.75 Å². The van der Waals surface area contributed by atoms with E-state index in [1.54, 1.807) is 17.0 Å². The van der Waals surface area contributed by atoms with Crippen LogP contribution in [0.15, 0.2) is 35.7 Å². The molecular formula is C22H32N8O5S. The minimum atomic E-state index is -3.29. The molecule has 0 atom stereocenters. The largest absolute Gasteiger partial charge is 0.491 e. The second-order valence-electron chi connectivity index (χ2n) is 8.33. The van der Waals surface area contributed by atoms with Crippen LogP contribution in [0.5, 0.6) is 5.75 Å². The van der Waals surface area contributed by atoms with Crippen molar-refractivity contribution in [2.24, 2.45) is 5.16 Å². The number of carbonyl (C=O) groups excluding carboxylic acids is 1. The molecule has 4 N–H and O–H groups in total. The molecule has 1 saturated heterocycles. The molecule has 0 radical (unpaired) electrons. The maximum absolute atomic E-state index is 12.7. The SMILES string of the molecule is CC(C)Oc1ccc(NC(=O)N2CCN(c3ncnc(N)c3/C=N/OCCNS(C)(=O)=O)CC2)cc1. The highest BCUT2D eigenvalue weighted by Gasteiger charge is 2.24. The Morgan fingerprint density at radius 2 is 1.89 bits per heavy atom. The number of nitrogens with zero attached hydrogens (tertiary/aromatic N) is 5. The number of piperazine rings is 1. The smallest absolute Gasteiger partial charge is 0.321 e. The van der Waals surface area contributed by atoms with E-state index in [1.807, 2.05) is 30.9 Å². The first-order chi connectivity index (χ1) is 17.1. The molecule has 0 aliphatic carbocycles. The highest BCUT2D eigenvalue weighted by Crippen LogP contribution is 2.22. The topological polar surface area (TPSA) is 164 Å². The second kappa shape index (κ2) is 12.4. The lowest BCUT2D eigenvalue weighted by Gasteiger charge is -2.35. The Hall–Kier alpha value is -3.65. The number of urea groups is 1. The Kier molecular flexibility index (Phi) is 9.25. The molecule has 1 aromatic carbocycles. The van der Waals surface area contributed by atoms with Crippen LogP contribution in [-0.4, -0.2) is 87.2 Å². The molecule has 196 valence electrons. The lowest BCUT2D eigenvalue weighted by atomic mass is 10.2. The summed E-state index contributed by atoms with van der Waals surface area (Å²) in [6, 6.07) is 7.07. The molecule has 1 aromatic heterocycles. The van der Waals surface area contributed by atoms with Crippen LogP contribution < -0.4 is 25.4 Å². The van der Waals surface area contributed by atoms with Gasteiger partial charge in [-0.3, -0.25) is 0 Å². The van der Waals surface area contributed by atoms with Crippen molar-refractivity contribution in [2.75, 3.05) is 61.5 Å². The van der Waals surface area contributed by atoms with E-state index in [-0.39, 0.29) is 31.1 Å². The Morgan fingerprint density at radius 1 is 1.19 bits per heavy atom. The number of aromatic nitrogens is 2. The van der Waals surface area contributed by atoms with E-state index in [9.17, 15) is 13.2 Å². The number of anilines is 3. The van der Waals surface area contributed by atoms with E-state index in [1.165, 1.54) is 12.5 Å². The van der Waals surface area contributed by atoms with Gasteiger partial charge >= 0.3 is 6.03 Å². The number of ether oxygens (including phenoxy) is 1. The summed E-state index contributed by atoms with van der Waals surface area (Å²) in [4.78, 5) is 29.9. The molecule has 1 aliphatic rings. The van der Waals surface area contributed by atoms with Crippen molar-refractivity contribution in [3.05, 3.63) is 36.2 Å². The van der Waals surface area contributed by atoms with E-state index in [0.717, 1.165) is 12.0 Å². The molecule has 13 nitrogen and oxygen atoms in total. The van der Waals surface area contributed by atoms with Crippen LogP contribution in [0.4, 0.5) is 22.1 Å². The minimum absolute atomic E-state index is 0.0494. The van der Waals surface area contributed by atoms with Gasteiger partial charge < -0.3 is 30.4 Å². The first-order valence-electron chi connectivity index (χ1n) is 11.4. The van der Waals surface area contributed by atoms with Crippen LogP contribution in [-0.2, 0) is 14.9 Å². The van der Waals surface area contributed by atoms with Crippen molar-refractivity contribution in [1.82, 2.24) is 19.6 Å². The molecule has 0 bridgehead atoms. The van der Waals surface area contributed by atoms with E-state index in [4.69, 9.17) is 15.3 Å². The monoisotopic (exact) mass is 520 g/mol. The predicted molar refractivity (Wildman–Crippen MR) is 138 cm³/mol. The molecule has 0 spiro atoms. The molecule has 2 amide bonds. The van der Waals surface area contributed by atoms with Gasteiger partial charge in [0.25, 0.3) is 0 Å². The molecule has 2 heterocycles. The van der Waals surface area contributed by atoms with Gasteiger partial charge in [-0.15, -0.1) is 0 Å². The molecule has 0 saturated carbocycles. The van der Waals surface area contributed by atoms with Gasteiger partial charge in [-0.1, -0.05) is 5.16 Å². The first kappa shape index (κ1) is 26.9. The summed E-state index contributed by atoms with van der Waals surface area (Å²) >= 11 is 0. The third-order valence-corrected chi connectivity index (χ3v) is 5.78. The molecule has 1 aliphatic heterocycles. The van der Waals surface area contributed by atoms with Crippen LogP contribution in [0.3, 0.4) is 0 Å². The molecule has 36 heavy (non-hydrogen) atoms. The fourth-order valence-electron chi connectivity index (χ4n) is 3.40. The lowest BCUT2D eigenvalue weighted by Crippen LogP contribution is -2.50. The summed E-state index contributed by atoms with van der Waals surface area (Å²) < 4.78 is 30.1. The zero-order chi connectivity index (χ0) is 26.1. The molecule has 1 fully saturated rings. The number of nitrogens with one attached hydrogen (secondary N) is 2. The highest BCUT2D eigenvalue weighted by atomic mass is 32.2. The van der Waals surface area contributed by atoms with E-state index < -0.39 is 10.0 Å². The number of oxime groups is 1. The Bertz CT molecular complexity index is 1150. The fourth-order valence-corrected chi connectivity index (χ4v) is 3.86. The van der Waals surface area contributed by atoms with Gasteiger partial charge in [-0.05, 0) is 38.1 Å². The van der Waals surface area contributed by atoms with Crippen LogP contribution in [0.1, 0.15) is 19.4 Å². The van der Waals surface area contributed by atoms with Gasteiger partial charge in [0.2, 0.25) is 10.0 Å². The van der Waals surface area contributed by atoms with Crippen LogP contribution in [0, 0.1) is 0 Å². The maximum Gasteiger partial charge on any atom is 0.321 e. The number of rotatable bonds is 10. The number of hydrogen-bond acceptors (Lipinski definition) is 10. The maximum atomic E-state index is 12.7. The predicted octanol–water partition coefficient (Wildman–Crippen LogP) is 1.10. The van der Waals surface area contributed by atoms with Crippen LogP contribution in [0.25, 0.3) is 0 Å². The Morgan fingerprint density at radius 3 is 2.53 bits per heavy atom. The van der Waals surface area contributed by atoms with Crippen molar-refractivity contribution in [1.29, 1.82) is 0 Å². The fraction of sp³-hybridized carbons (Fsp3) is 0.455. The van der Waals surface area contributed by atoms with E-state index >= 15 is 0 Å². The van der Waals surface area contributed by atoms with Crippen LogP contribution in [0.2, 0.25) is 0 Å². The van der Waals surface area contributed by atoms with Gasteiger partial charge in [-0.25, -0.2) is 27.9 Å². The quantitative estimate of drug-likeness (QED) is 0.236. The number of nitrogen functional groups attached to an aromatic ring is 1.